The maximum atomic E-state index is 13.9. The molecule has 0 unspecified atom stereocenters. The van der Waals surface area contributed by atoms with Gasteiger partial charge in [0.05, 0.1) is 12.4 Å². The molecule has 0 saturated carbocycles. The van der Waals surface area contributed by atoms with Gasteiger partial charge in [-0.1, -0.05) is 22.2 Å². The normalized spacial score (nSPS) is 27.5. The maximum absolute atomic E-state index is 13.9. The molecule has 25 heteroatoms. The minimum Gasteiger partial charge on any atom is -0.463 e. The molecule has 2 N–H and O–H groups in total. The molecule has 0 spiro atoms. The van der Waals surface area contributed by atoms with Crippen molar-refractivity contribution in [2.45, 2.75) is 100 Å². The Morgan fingerprint density at radius 2 is 0.892 bits per heavy atom. The van der Waals surface area contributed by atoms with Crippen molar-refractivity contribution in [3.05, 3.63) is 72.6 Å². The fraction of sp³-hybridized carbons (Fsp3) is 0.450. The zero-order valence-electron chi connectivity index (χ0n) is 35.3. The minimum absolute atomic E-state index is 0.0436. The van der Waals surface area contributed by atoms with Crippen LogP contribution in [0.5, 0.6) is 0 Å². The number of ether oxygens (including phenoxy) is 8. The van der Waals surface area contributed by atoms with Gasteiger partial charge in [-0.3, -0.25) is 28.8 Å². The summed E-state index contributed by atoms with van der Waals surface area (Å²) in [5.41, 5.74) is -8.60. The third kappa shape index (κ3) is 10.6. The lowest BCUT2D eigenvalue weighted by atomic mass is 9.91. The van der Waals surface area contributed by atoms with E-state index in [9.17, 15) is 47.8 Å². The van der Waals surface area contributed by atoms with Crippen molar-refractivity contribution in [2.75, 3.05) is 13.2 Å². The van der Waals surface area contributed by atoms with Gasteiger partial charge < -0.3 is 48.1 Å². The number of aliphatic hydroxyl groups is 2. The molecule has 4 heterocycles. The van der Waals surface area contributed by atoms with Crippen LogP contribution in [-0.4, -0.2) is 137 Å². The summed E-state index contributed by atoms with van der Waals surface area (Å²) in [6, 6.07) is 9.98. The molecule has 0 radical (unpaired) electrons. The van der Waals surface area contributed by atoms with Crippen LogP contribution in [0.2, 0.25) is 0 Å². The van der Waals surface area contributed by atoms with E-state index in [0.717, 1.165) is 87.6 Å². The molecular weight excluding hydrogens is 891 g/mol. The molecule has 0 aliphatic carbocycles. The average molecular weight is 933 g/mol. The molecule has 10 atom stereocenters. The van der Waals surface area contributed by atoms with Crippen molar-refractivity contribution in [2.24, 2.45) is 0 Å². The average Bonchev–Trinajstić information content (AvgIpc) is 3.94. The maximum Gasteiger partial charge on any atom is 0.303 e. The molecule has 348 valence electrons. The van der Waals surface area contributed by atoms with Crippen molar-refractivity contribution >= 4 is 47.6 Å². The van der Waals surface area contributed by atoms with Gasteiger partial charge in [0.2, 0.25) is 11.4 Å². The lowest BCUT2D eigenvalue weighted by molar-refractivity contribution is -0.308. The van der Waals surface area contributed by atoms with Gasteiger partial charge in [-0.05, 0) is 48.5 Å². The van der Waals surface area contributed by atoms with E-state index in [0.29, 0.717) is 22.9 Å². The molecular formula is C40H42F2N6O16S. The number of nitrogens with zero attached hydrogens (tertiary/aromatic N) is 6. The van der Waals surface area contributed by atoms with Crippen molar-refractivity contribution in [3.63, 3.8) is 0 Å². The number of halogens is 2. The van der Waals surface area contributed by atoms with E-state index in [1.165, 1.54) is 24.3 Å². The smallest absolute Gasteiger partial charge is 0.303 e. The first kappa shape index (κ1) is 48.1. The molecule has 2 aromatic carbocycles. The van der Waals surface area contributed by atoms with Crippen LogP contribution in [0.1, 0.15) is 41.5 Å². The Labute approximate surface area is 371 Å². The van der Waals surface area contributed by atoms with Crippen LogP contribution in [0.3, 0.4) is 0 Å². The molecule has 0 amide bonds. The second kappa shape index (κ2) is 19.8. The highest BCUT2D eigenvalue weighted by molar-refractivity contribution is 8.00. The van der Waals surface area contributed by atoms with Crippen LogP contribution in [0.15, 0.2) is 60.9 Å². The van der Waals surface area contributed by atoms with E-state index in [-0.39, 0.29) is 11.4 Å². The summed E-state index contributed by atoms with van der Waals surface area (Å²) in [6.45, 7) is 4.59. The van der Waals surface area contributed by atoms with Crippen LogP contribution in [0, 0.1) is 11.6 Å². The summed E-state index contributed by atoms with van der Waals surface area (Å²) in [6.07, 6.45) is -8.92. The zero-order chi connectivity index (χ0) is 47.4. The Morgan fingerprint density at radius 3 is 1.20 bits per heavy atom. The molecule has 2 saturated heterocycles. The van der Waals surface area contributed by atoms with Gasteiger partial charge in [0.15, 0.2) is 24.4 Å². The molecule has 4 aromatic rings. The van der Waals surface area contributed by atoms with Gasteiger partial charge in [0, 0.05) is 52.7 Å². The van der Waals surface area contributed by atoms with Crippen LogP contribution >= 0.6 is 11.8 Å². The van der Waals surface area contributed by atoms with E-state index in [1.807, 2.05) is 0 Å². The van der Waals surface area contributed by atoms with Crippen molar-refractivity contribution in [1.29, 1.82) is 0 Å². The summed E-state index contributed by atoms with van der Waals surface area (Å²) >= 11 is 0.476. The predicted octanol–water partition coefficient (Wildman–Crippen LogP) is 1.51. The molecule has 2 aliphatic heterocycles. The monoisotopic (exact) mass is 932 g/mol. The van der Waals surface area contributed by atoms with E-state index >= 15 is 0 Å². The van der Waals surface area contributed by atoms with Gasteiger partial charge in [-0.25, -0.2) is 18.1 Å². The Balaban J connectivity index is 1.53. The van der Waals surface area contributed by atoms with E-state index < -0.39 is 120 Å². The highest BCUT2D eigenvalue weighted by atomic mass is 32.2. The van der Waals surface area contributed by atoms with Crippen LogP contribution in [-0.2, 0) is 78.1 Å². The Morgan fingerprint density at radius 1 is 0.569 bits per heavy atom. The second-order valence-electron chi connectivity index (χ2n) is 14.6. The number of hydrogen-bond donors (Lipinski definition) is 2. The largest absolute Gasteiger partial charge is 0.463 e. The number of esters is 6. The molecule has 2 fully saturated rings. The number of rotatable bonds is 14. The number of aromatic nitrogens is 6. The van der Waals surface area contributed by atoms with Gasteiger partial charge in [-0.15, -0.1) is 10.2 Å². The Hall–Kier alpha value is -6.41. The quantitative estimate of drug-likeness (QED) is 0.134. The number of carbonyl (C=O) groups is 6. The van der Waals surface area contributed by atoms with Crippen molar-refractivity contribution in [3.8, 4) is 22.5 Å². The summed E-state index contributed by atoms with van der Waals surface area (Å²) < 4.78 is 75.2. The first-order valence-corrected chi connectivity index (χ1v) is 20.4. The molecule has 65 heavy (non-hydrogen) atoms. The van der Waals surface area contributed by atoms with Crippen LogP contribution in [0.4, 0.5) is 8.78 Å². The van der Waals surface area contributed by atoms with Gasteiger partial charge in [0.25, 0.3) is 0 Å². The molecule has 6 rings (SSSR count). The summed E-state index contributed by atoms with van der Waals surface area (Å²) in [5.74, 6) is -6.89. The standard InChI is InChI=1S/C40H42F2N6O16S/c1-19(49)57-17-31-33(59-21(3)51)39(55,47-15-29(43-45-47)25-7-11-27(41)12-8-25)35(61-23(5)53)37(63-31)65-38-36(62-24(6)54)40(56,34(60-22(4)52)32(64-38)18-58-20(2)50)48-16-30(44-46-48)26-9-13-28(42)14-10-26/h7-16,31-38,55-56H,17-18H2,1-6H3/t31-,32-,33+,34+,35+,36+,37+,38+,39+,40+/m1/s1. The summed E-state index contributed by atoms with van der Waals surface area (Å²) in [4.78, 5) is 75.8. The van der Waals surface area contributed by atoms with Gasteiger partial charge in [0.1, 0.15) is 59.3 Å². The zero-order valence-corrected chi connectivity index (χ0v) is 36.1. The topological polar surface area (TPSA) is 278 Å². The summed E-state index contributed by atoms with van der Waals surface area (Å²) in [5, 5.41) is 42.4. The Kier molecular flexibility index (Phi) is 14.6. The minimum atomic E-state index is -2.85. The number of carbonyl (C=O) groups excluding carboxylic acids is 6. The predicted molar refractivity (Wildman–Crippen MR) is 212 cm³/mol. The first-order chi connectivity index (χ1) is 30.7. The molecule has 0 bridgehead atoms. The van der Waals surface area contributed by atoms with Gasteiger partial charge in [-0.2, -0.15) is 0 Å². The fourth-order valence-electron chi connectivity index (χ4n) is 7.12. The van der Waals surface area contributed by atoms with E-state index in [1.54, 1.807) is 0 Å². The number of hydrogen-bond acceptors (Lipinski definition) is 21. The third-order valence-electron chi connectivity index (χ3n) is 9.80. The molecule has 22 nitrogen and oxygen atoms in total. The Bertz CT molecular complexity index is 2240. The van der Waals surface area contributed by atoms with Crippen LogP contribution in [0.25, 0.3) is 22.5 Å². The third-order valence-corrected chi connectivity index (χ3v) is 11.1. The SMILES string of the molecule is CC(=O)OC[C@H]1O[C@@H](S[C@@H]2O[C@H](COC(C)=O)[C@H](OC(C)=O)[C@@](O)(n3cc(-c4ccc(F)cc4)nn3)[C@H]2OC(C)=O)[C@H](OC(C)=O)[C@](O)(n2cc(-c3ccc(F)cc3)nn2)[C@H]1OC(C)=O. The lowest BCUT2D eigenvalue weighted by Gasteiger charge is -2.52. The second-order valence-corrected chi connectivity index (χ2v) is 15.8. The number of benzene rings is 2. The van der Waals surface area contributed by atoms with Crippen molar-refractivity contribution < 1.29 is 85.7 Å². The van der Waals surface area contributed by atoms with Crippen molar-refractivity contribution in [1.82, 2.24) is 30.0 Å². The van der Waals surface area contributed by atoms with Gasteiger partial charge >= 0.3 is 35.8 Å². The van der Waals surface area contributed by atoms with E-state index in [2.05, 4.69) is 20.6 Å². The fourth-order valence-corrected chi connectivity index (χ4v) is 8.60. The lowest BCUT2D eigenvalue weighted by Crippen LogP contribution is -2.71. The molecule has 2 aliphatic rings. The first-order valence-electron chi connectivity index (χ1n) is 19.4. The van der Waals surface area contributed by atoms with Crippen LogP contribution < -0.4 is 0 Å². The van der Waals surface area contributed by atoms with E-state index in [4.69, 9.17) is 37.9 Å². The number of thioether (sulfide) groups is 1. The highest BCUT2D eigenvalue weighted by Gasteiger charge is 2.66. The molecule has 2 aromatic heterocycles. The highest BCUT2D eigenvalue weighted by Crippen LogP contribution is 2.48. The summed E-state index contributed by atoms with van der Waals surface area (Å²) in [7, 11) is 0.